The van der Waals surface area contributed by atoms with Crippen LogP contribution in [-0.2, 0) is 0 Å². The molecule has 3 rings (SSSR count). The molecule has 0 saturated carbocycles. The van der Waals surface area contributed by atoms with Crippen molar-refractivity contribution in [3.8, 4) is 0 Å². The highest BCUT2D eigenvalue weighted by Crippen LogP contribution is 2.39. The van der Waals surface area contributed by atoms with Crippen molar-refractivity contribution in [1.29, 1.82) is 0 Å². The summed E-state index contributed by atoms with van der Waals surface area (Å²) in [5.41, 5.74) is 2.76. The van der Waals surface area contributed by atoms with Gasteiger partial charge in [-0.15, -0.1) is 11.8 Å². The molecule has 1 unspecified atom stereocenters. The molecule has 0 N–H and O–H groups in total. The number of rotatable bonds is 0. The lowest BCUT2D eigenvalue weighted by atomic mass is 10.0. The fourth-order valence-corrected chi connectivity index (χ4v) is 2.94. The Morgan fingerprint density at radius 1 is 1.07 bits per heavy atom. The molecule has 0 fully saturated rings. The van der Waals surface area contributed by atoms with Crippen molar-refractivity contribution in [2.24, 2.45) is 0 Å². The van der Waals surface area contributed by atoms with Gasteiger partial charge in [0.15, 0.2) is 0 Å². The SMILES string of the molecule is C1=CC2=Cc3ccccc3SC2C=C1. The highest BCUT2D eigenvalue weighted by atomic mass is 32.2. The second-order valence-corrected chi connectivity index (χ2v) is 4.65. The van der Waals surface area contributed by atoms with Gasteiger partial charge in [0, 0.05) is 4.90 Å². The van der Waals surface area contributed by atoms with E-state index in [0.717, 1.165) is 0 Å². The highest BCUT2D eigenvalue weighted by Gasteiger charge is 2.18. The smallest absolute Gasteiger partial charge is 0.0528 e. The predicted octanol–water partition coefficient (Wildman–Crippen LogP) is 3.67. The van der Waals surface area contributed by atoms with Crippen LogP contribution in [0.1, 0.15) is 5.56 Å². The second-order valence-electron chi connectivity index (χ2n) is 3.46. The van der Waals surface area contributed by atoms with Gasteiger partial charge in [-0.05, 0) is 23.3 Å². The summed E-state index contributed by atoms with van der Waals surface area (Å²) in [6.07, 6.45) is 11.0. The summed E-state index contributed by atoms with van der Waals surface area (Å²) in [4.78, 5) is 1.39. The molecule has 0 saturated heterocycles. The van der Waals surface area contributed by atoms with Gasteiger partial charge in [0.1, 0.15) is 0 Å². The zero-order valence-electron chi connectivity index (χ0n) is 7.68. The van der Waals surface area contributed by atoms with Crippen LogP contribution in [0.4, 0.5) is 0 Å². The lowest BCUT2D eigenvalue weighted by Crippen LogP contribution is -2.07. The molecule has 0 aromatic heterocycles. The first-order chi connectivity index (χ1) is 6.93. The van der Waals surface area contributed by atoms with Crippen LogP contribution in [0, 0.1) is 0 Å². The van der Waals surface area contributed by atoms with Gasteiger partial charge in [-0.3, -0.25) is 0 Å². The lowest BCUT2D eigenvalue weighted by molar-refractivity contribution is 1.25. The first-order valence-electron chi connectivity index (χ1n) is 4.76. The van der Waals surface area contributed by atoms with Crippen molar-refractivity contribution in [2.75, 3.05) is 0 Å². The average Bonchev–Trinajstić information content (AvgIpc) is 2.26. The van der Waals surface area contributed by atoms with E-state index in [1.165, 1.54) is 16.0 Å². The zero-order chi connectivity index (χ0) is 9.38. The highest BCUT2D eigenvalue weighted by molar-refractivity contribution is 8.00. The summed E-state index contributed by atoms with van der Waals surface area (Å²) >= 11 is 1.93. The summed E-state index contributed by atoms with van der Waals surface area (Å²) in [5, 5.41) is 0.523. The Hall–Kier alpha value is -1.21. The van der Waals surface area contributed by atoms with Crippen LogP contribution >= 0.6 is 11.8 Å². The summed E-state index contributed by atoms with van der Waals surface area (Å²) in [7, 11) is 0. The largest absolute Gasteiger partial charge is 0.113 e. The van der Waals surface area contributed by atoms with E-state index in [-0.39, 0.29) is 0 Å². The van der Waals surface area contributed by atoms with Crippen molar-refractivity contribution in [1.82, 2.24) is 0 Å². The summed E-state index contributed by atoms with van der Waals surface area (Å²) in [5.74, 6) is 0. The van der Waals surface area contributed by atoms with Crippen LogP contribution in [0.15, 0.2) is 59.0 Å². The number of hydrogen-bond acceptors (Lipinski definition) is 1. The minimum Gasteiger partial charge on any atom is -0.113 e. The van der Waals surface area contributed by atoms with Gasteiger partial charge in [-0.2, -0.15) is 0 Å². The minimum atomic E-state index is 0.523. The fourth-order valence-electron chi connectivity index (χ4n) is 1.80. The van der Waals surface area contributed by atoms with Crippen molar-refractivity contribution < 1.29 is 0 Å². The predicted molar refractivity (Wildman–Crippen MR) is 62.3 cm³/mol. The molecule has 0 nitrogen and oxygen atoms in total. The zero-order valence-corrected chi connectivity index (χ0v) is 8.50. The minimum absolute atomic E-state index is 0.523. The molecule has 1 heteroatoms. The Labute approximate surface area is 88.0 Å². The first kappa shape index (κ1) is 8.13. The molecule has 0 amide bonds. The van der Waals surface area contributed by atoms with E-state index < -0.39 is 0 Å². The van der Waals surface area contributed by atoms with E-state index >= 15 is 0 Å². The van der Waals surface area contributed by atoms with Gasteiger partial charge < -0.3 is 0 Å². The van der Waals surface area contributed by atoms with E-state index in [1.54, 1.807) is 0 Å². The molecule has 0 bridgehead atoms. The van der Waals surface area contributed by atoms with Crippen molar-refractivity contribution in [2.45, 2.75) is 10.1 Å². The van der Waals surface area contributed by atoms with Gasteiger partial charge in [0.2, 0.25) is 0 Å². The third kappa shape index (κ3) is 1.25. The third-order valence-corrected chi connectivity index (χ3v) is 3.82. The number of allylic oxidation sites excluding steroid dienone is 3. The molecule has 1 aromatic rings. The van der Waals surface area contributed by atoms with Crippen LogP contribution in [0.3, 0.4) is 0 Å². The van der Waals surface area contributed by atoms with Crippen molar-refractivity contribution in [3.05, 3.63) is 59.7 Å². The first-order valence-corrected chi connectivity index (χ1v) is 5.63. The molecule has 1 aromatic carbocycles. The molecule has 68 valence electrons. The molecule has 1 aliphatic carbocycles. The Morgan fingerprint density at radius 2 is 2.00 bits per heavy atom. The summed E-state index contributed by atoms with van der Waals surface area (Å²) in [6.45, 7) is 0. The lowest BCUT2D eigenvalue weighted by Gasteiger charge is -2.22. The second kappa shape index (κ2) is 3.18. The van der Waals surface area contributed by atoms with Gasteiger partial charge in [-0.25, -0.2) is 0 Å². The number of benzene rings is 1. The maximum absolute atomic E-state index is 2.29. The topological polar surface area (TPSA) is 0 Å². The van der Waals surface area contributed by atoms with Crippen LogP contribution in [0.2, 0.25) is 0 Å². The monoisotopic (exact) mass is 198 g/mol. The van der Waals surface area contributed by atoms with Gasteiger partial charge in [-0.1, -0.05) is 42.5 Å². The maximum atomic E-state index is 2.29. The van der Waals surface area contributed by atoms with Crippen molar-refractivity contribution in [3.63, 3.8) is 0 Å². The molecule has 0 spiro atoms. The van der Waals surface area contributed by atoms with E-state index in [0.29, 0.717) is 5.25 Å². The van der Waals surface area contributed by atoms with E-state index in [9.17, 15) is 0 Å². The number of fused-ring (bicyclic) bond motifs is 2. The van der Waals surface area contributed by atoms with Crippen LogP contribution < -0.4 is 0 Å². The molecule has 1 atom stereocenters. The average molecular weight is 198 g/mol. The fraction of sp³-hybridized carbons (Fsp3) is 0.0769. The molecule has 1 aliphatic heterocycles. The Balaban J connectivity index is 2.13. The van der Waals surface area contributed by atoms with Gasteiger partial charge in [0.25, 0.3) is 0 Å². The Bertz CT molecular complexity index is 452. The standard InChI is InChI=1S/C13H10S/c1-3-7-12-10(5-1)9-11-6-2-4-8-13(11)14-12/h1-9,12H. The number of hydrogen-bond donors (Lipinski definition) is 0. The summed E-state index contributed by atoms with van der Waals surface area (Å²) in [6, 6.07) is 8.57. The molecule has 14 heavy (non-hydrogen) atoms. The van der Waals surface area contributed by atoms with E-state index in [4.69, 9.17) is 0 Å². The van der Waals surface area contributed by atoms with E-state index in [1.807, 2.05) is 11.8 Å². The van der Waals surface area contributed by atoms with Crippen molar-refractivity contribution >= 4 is 17.8 Å². The molecular formula is C13H10S. The summed E-state index contributed by atoms with van der Waals surface area (Å²) < 4.78 is 0. The normalized spacial score (nSPS) is 22.6. The van der Waals surface area contributed by atoms with E-state index in [2.05, 4.69) is 54.6 Å². The Morgan fingerprint density at radius 3 is 3.00 bits per heavy atom. The van der Waals surface area contributed by atoms with Crippen LogP contribution in [-0.4, -0.2) is 5.25 Å². The van der Waals surface area contributed by atoms with Crippen LogP contribution in [0.25, 0.3) is 6.08 Å². The molecule has 1 heterocycles. The molecule has 2 aliphatic rings. The maximum Gasteiger partial charge on any atom is 0.0528 e. The number of thioether (sulfide) groups is 1. The molecular weight excluding hydrogens is 188 g/mol. The third-order valence-electron chi connectivity index (χ3n) is 2.51. The Kier molecular flexibility index (Phi) is 1.84. The van der Waals surface area contributed by atoms with Crippen LogP contribution in [0.5, 0.6) is 0 Å². The molecule has 0 radical (unpaired) electrons. The van der Waals surface area contributed by atoms with Gasteiger partial charge in [0.05, 0.1) is 5.25 Å². The quantitative estimate of drug-likeness (QED) is 0.613. The van der Waals surface area contributed by atoms with Gasteiger partial charge >= 0.3 is 0 Å².